The number of halogens is 2. The minimum atomic E-state index is -0.843. The molecule has 0 saturated heterocycles. The van der Waals surface area contributed by atoms with Crippen molar-refractivity contribution in [2.75, 3.05) is 0 Å². The van der Waals surface area contributed by atoms with Crippen LogP contribution < -0.4 is 0 Å². The lowest BCUT2D eigenvalue weighted by atomic mass is 9.91. The second-order valence-electron chi connectivity index (χ2n) is 6.79. The van der Waals surface area contributed by atoms with Crippen LogP contribution in [0, 0.1) is 11.6 Å². The quantitative estimate of drug-likeness (QED) is 0.860. The number of hydrogen-bond donors (Lipinski definition) is 2. The van der Waals surface area contributed by atoms with E-state index in [1.807, 2.05) is 6.07 Å². The van der Waals surface area contributed by atoms with Crippen LogP contribution in [-0.4, -0.2) is 27.3 Å². The van der Waals surface area contributed by atoms with Gasteiger partial charge in [0, 0.05) is 19.1 Å². The van der Waals surface area contributed by atoms with Gasteiger partial charge in [-0.2, -0.15) is 0 Å². The fourth-order valence-corrected chi connectivity index (χ4v) is 3.50. The minimum Gasteiger partial charge on any atom is -0.508 e. The van der Waals surface area contributed by atoms with Crippen molar-refractivity contribution in [1.29, 1.82) is 0 Å². The van der Waals surface area contributed by atoms with Crippen molar-refractivity contribution < 1.29 is 19.0 Å². The molecule has 134 valence electrons. The molecule has 0 bridgehead atoms. The molecule has 25 heavy (non-hydrogen) atoms. The maximum Gasteiger partial charge on any atom is 0.159 e. The molecule has 0 aromatic heterocycles. The predicted molar refractivity (Wildman–Crippen MR) is 92.0 cm³/mol. The van der Waals surface area contributed by atoms with Gasteiger partial charge in [-0.15, -0.1) is 0 Å². The van der Waals surface area contributed by atoms with Gasteiger partial charge in [0.05, 0.1) is 6.10 Å². The largest absolute Gasteiger partial charge is 0.508 e. The van der Waals surface area contributed by atoms with Crippen LogP contribution in [0.2, 0.25) is 0 Å². The van der Waals surface area contributed by atoms with E-state index in [0.717, 1.165) is 37.3 Å². The Labute approximate surface area is 146 Å². The number of benzene rings is 2. The van der Waals surface area contributed by atoms with Crippen molar-refractivity contribution in [3.05, 3.63) is 65.2 Å². The van der Waals surface area contributed by atoms with E-state index in [9.17, 15) is 19.0 Å². The van der Waals surface area contributed by atoms with Crippen molar-refractivity contribution in [1.82, 2.24) is 4.90 Å². The summed E-state index contributed by atoms with van der Waals surface area (Å²) >= 11 is 0. The summed E-state index contributed by atoms with van der Waals surface area (Å²) in [6.07, 6.45) is 2.98. The first-order valence-corrected chi connectivity index (χ1v) is 8.65. The second kappa shape index (κ2) is 7.93. The summed E-state index contributed by atoms with van der Waals surface area (Å²) in [4.78, 5) is 2.22. The van der Waals surface area contributed by atoms with Crippen LogP contribution in [0.3, 0.4) is 0 Å². The number of hydrogen-bond acceptors (Lipinski definition) is 3. The molecule has 0 heterocycles. The number of nitrogens with zero attached hydrogens (tertiary/aromatic N) is 1. The molecular weight excluding hydrogens is 324 g/mol. The molecule has 0 unspecified atom stereocenters. The monoisotopic (exact) mass is 347 g/mol. The van der Waals surface area contributed by atoms with Crippen LogP contribution in [0.15, 0.2) is 42.5 Å². The predicted octanol–water partition coefficient (Wildman–Crippen LogP) is 3.98. The number of phenolic OH excluding ortho intramolecular Hbond substituents is 1. The smallest absolute Gasteiger partial charge is 0.159 e. The highest BCUT2D eigenvalue weighted by molar-refractivity contribution is 5.27. The molecule has 2 N–H and O–H groups in total. The lowest BCUT2D eigenvalue weighted by Crippen LogP contribution is -2.38. The average Bonchev–Trinajstić information content (AvgIpc) is 2.58. The van der Waals surface area contributed by atoms with E-state index in [2.05, 4.69) is 4.90 Å². The average molecular weight is 347 g/mol. The summed E-state index contributed by atoms with van der Waals surface area (Å²) in [6.45, 7) is 1.10. The third-order valence-electron chi connectivity index (χ3n) is 4.85. The van der Waals surface area contributed by atoms with Gasteiger partial charge in [0.15, 0.2) is 11.6 Å². The molecule has 2 aromatic carbocycles. The van der Waals surface area contributed by atoms with Gasteiger partial charge in [-0.3, -0.25) is 4.90 Å². The molecule has 3 nitrogen and oxygen atoms in total. The highest BCUT2D eigenvalue weighted by Gasteiger charge is 2.25. The molecule has 0 aliphatic heterocycles. The molecule has 1 aliphatic rings. The Morgan fingerprint density at radius 3 is 2.20 bits per heavy atom. The van der Waals surface area contributed by atoms with Crippen LogP contribution >= 0.6 is 0 Å². The third-order valence-corrected chi connectivity index (χ3v) is 4.85. The first-order valence-electron chi connectivity index (χ1n) is 8.65. The van der Waals surface area contributed by atoms with Gasteiger partial charge < -0.3 is 10.2 Å². The normalized spacial score (nSPS) is 20.8. The standard InChI is InChI=1S/C20H23F2NO2/c21-19-9-4-15(11-20(19)22)13-23(16-5-7-17(24)8-6-16)12-14-2-1-3-18(25)10-14/h1-4,9-11,16-17,24-25H,5-8,12-13H2. The summed E-state index contributed by atoms with van der Waals surface area (Å²) in [6, 6.07) is 11.3. The zero-order chi connectivity index (χ0) is 17.8. The zero-order valence-electron chi connectivity index (χ0n) is 14.0. The summed E-state index contributed by atoms with van der Waals surface area (Å²) in [5.74, 6) is -1.47. The molecule has 5 heteroatoms. The van der Waals surface area contributed by atoms with Gasteiger partial charge >= 0.3 is 0 Å². The lowest BCUT2D eigenvalue weighted by molar-refractivity contribution is 0.0665. The fourth-order valence-electron chi connectivity index (χ4n) is 3.50. The Bertz CT molecular complexity index is 715. The van der Waals surface area contributed by atoms with E-state index in [4.69, 9.17) is 0 Å². The van der Waals surface area contributed by atoms with Crippen LogP contribution in [0.25, 0.3) is 0 Å². The van der Waals surface area contributed by atoms with Crippen molar-refractivity contribution in [3.63, 3.8) is 0 Å². The van der Waals surface area contributed by atoms with Gasteiger partial charge in [-0.05, 0) is 61.1 Å². The molecule has 1 aliphatic carbocycles. The van der Waals surface area contributed by atoms with Gasteiger partial charge in [-0.25, -0.2) is 8.78 Å². The lowest BCUT2D eigenvalue weighted by Gasteiger charge is -2.36. The van der Waals surface area contributed by atoms with Gasteiger partial charge in [0.25, 0.3) is 0 Å². The Morgan fingerprint density at radius 2 is 1.56 bits per heavy atom. The molecule has 1 saturated carbocycles. The van der Waals surface area contributed by atoms with Crippen molar-refractivity contribution in [3.8, 4) is 5.75 Å². The molecule has 0 spiro atoms. The minimum absolute atomic E-state index is 0.212. The van der Waals surface area contributed by atoms with E-state index < -0.39 is 11.6 Å². The molecule has 0 atom stereocenters. The van der Waals surface area contributed by atoms with Crippen molar-refractivity contribution in [2.24, 2.45) is 0 Å². The summed E-state index contributed by atoms with van der Waals surface area (Å²) in [7, 11) is 0. The molecular formula is C20H23F2NO2. The SMILES string of the molecule is Oc1cccc(CN(Cc2ccc(F)c(F)c2)C2CCC(O)CC2)c1. The Kier molecular flexibility index (Phi) is 5.66. The maximum absolute atomic E-state index is 13.5. The topological polar surface area (TPSA) is 43.7 Å². The van der Waals surface area contributed by atoms with Crippen LogP contribution in [0.4, 0.5) is 8.78 Å². The molecule has 1 fully saturated rings. The van der Waals surface area contributed by atoms with Crippen LogP contribution in [0.1, 0.15) is 36.8 Å². The van der Waals surface area contributed by atoms with Crippen LogP contribution in [0.5, 0.6) is 5.75 Å². The second-order valence-corrected chi connectivity index (χ2v) is 6.79. The Balaban J connectivity index is 1.79. The van der Waals surface area contributed by atoms with Crippen molar-refractivity contribution in [2.45, 2.75) is 50.9 Å². The van der Waals surface area contributed by atoms with Crippen molar-refractivity contribution >= 4 is 0 Å². The Hall–Kier alpha value is -1.98. The number of aromatic hydroxyl groups is 1. The van der Waals surface area contributed by atoms with E-state index in [0.29, 0.717) is 18.7 Å². The highest BCUT2D eigenvalue weighted by atomic mass is 19.2. The van der Waals surface area contributed by atoms with E-state index in [1.165, 1.54) is 6.07 Å². The molecule has 3 rings (SSSR count). The van der Waals surface area contributed by atoms with Gasteiger partial charge in [-0.1, -0.05) is 18.2 Å². The molecule has 0 radical (unpaired) electrons. The summed E-state index contributed by atoms with van der Waals surface area (Å²) in [5.41, 5.74) is 1.68. The molecule has 2 aromatic rings. The number of aliphatic hydroxyl groups is 1. The van der Waals surface area contributed by atoms with E-state index in [1.54, 1.807) is 24.3 Å². The fraction of sp³-hybridized carbons (Fsp3) is 0.400. The van der Waals surface area contributed by atoms with Crippen LogP contribution in [-0.2, 0) is 13.1 Å². The van der Waals surface area contributed by atoms with E-state index >= 15 is 0 Å². The van der Waals surface area contributed by atoms with Gasteiger partial charge in [0.2, 0.25) is 0 Å². The summed E-state index contributed by atoms with van der Waals surface area (Å²) in [5, 5.41) is 19.4. The van der Waals surface area contributed by atoms with Gasteiger partial charge in [0.1, 0.15) is 5.75 Å². The summed E-state index contributed by atoms with van der Waals surface area (Å²) < 4.78 is 26.7. The highest BCUT2D eigenvalue weighted by Crippen LogP contribution is 2.27. The number of phenols is 1. The Morgan fingerprint density at radius 1 is 0.880 bits per heavy atom. The first-order chi connectivity index (χ1) is 12.0. The third kappa shape index (κ3) is 4.77. The molecule has 0 amide bonds. The first kappa shape index (κ1) is 17.8. The maximum atomic E-state index is 13.5. The number of aliphatic hydroxyl groups excluding tert-OH is 1. The number of rotatable bonds is 5. The zero-order valence-corrected chi connectivity index (χ0v) is 14.0. The van der Waals surface area contributed by atoms with E-state index in [-0.39, 0.29) is 17.9 Å².